The van der Waals surface area contributed by atoms with Crippen LogP contribution in [-0.2, 0) is 6.54 Å². The minimum atomic E-state index is 0.718. The van der Waals surface area contributed by atoms with Crippen molar-refractivity contribution >= 4 is 5.69 Å². The molecule has 1 aliphatic heterocycles. The maximum atomic E-state index is 5.51. The summed E-state index contributed by atoms with van der Waals surface area (Å²) in [5.41, 5.74) is 2.58. The molecule has 1 N–H and O–H groups in total. The molecule has 3 rings (SSSR count). The molecule has 0 saturated carbocycles. The summed E-state index contributed by atoms with van der Waals surface area (Å²) in [4.78, 5) is 4.06. The molecule has 0 aliphatic carbocycles. The largest absolute Gasteiger partial charge is 0.495 e. The van der Waals surface area contributed by atoms with Crippen LogP contribution in [0.5, 0.6) is 11.5 Å². The monoisotopic (exact) mass is 327 g/mol. The second-order valence-corrected chi connectivity index (χ2v) is 6.16. The van der Waals surface area contributed by atoms with Gasteiger partial charge in [-0.3, -0.25) is 0 Å². The number of quaternary nitrogens is 1. The Bertz CT molecular complexity index is 634. The zero-order chi connectivity index (χ0) is 16.8. The number of benzene rings is 2. The molecule has 24 heavy (non-hydrogen) atoms. The number of nitrogens with zero attached hydrogens (tertiary/aromatic N) is 1. The van der Waals surface area contributed by atoms with Crippen LogP contribution in [0, 0.1) is 0 Å². The van der Waals surface area contributed by atoms with E-state index in [1.165, 1.54) is 11.3 Å². The Balaban J connectivity index is 1.55. The van der Waals surface area contributed by atoms with Gasteiger partial charge < -0.3 is 19.3 Å². The standard InChI is InChI=1S/C20H26N2O2/c1-3-24-18-10-8-17(9-11-18)16-21-12-14-22(15-13-21)19-6-4-5-7-20(19)23-2/h4-11H,3,12-16H2,1-2H3/p+1. The van der Waals surface area contributed by atoms with Crippen LogP contribution in [0.3, 0.4) is 0 Å². The van der Waals surface area contributed by atoms with Crippen LogP contribution in [0.2, 0.25) is 0 Å². The summed E-state index contributed by atoms with van der Waals surface area (Å²) in [6.45, 7) is 8.22. The summed E-state index contributed by atoms with van der Waals surface area (Å²) >= 11 is 0. The Morgan fingerprint density at radius 3 is 2.38 bits per heavy atom. The number of hydrogen-bond donors (Lipinski definition) is 1. The minimum absolute atomic E-state index is 0.718. The van der Waals surface area contributed by atoms with Gasteiger partial charge in [0.2, 0.25) is 0 Å². The third kappa shape index (κ3) is 4.01. The normalized spacial score (nSPS) is 15.3. The Morgan fingerprint density at radius 2 is 1.71 bits per heavy atom. The number of hydrogen-bond acceptors (Lipinski definition) is 3. The van der Waals surface area contributed by atoms with E-state index in [2.05, 4.69) is 41.3 Å². The molecule has 0 aromatic heterocycles. The van der Waals surface area contributed by atoms with E-state index in [-0.39, 0.29) is 0 Å². The molecule has 1 aliphatic rings. The smallest absolute Gasteiger partial charge is 0.142 e. The van der Waals surface area contributed by atoms with E-state index in [1.54, 1.807) is 12.0 Å². The highest BCUT2D eigenvalue weighted by Crippen LogP contribution is 2.27. The molecule has 0 unspecified atom stereocenters. The third-order valence-electron chi connectivity index (χ3n) is 4.58. The van der Waals surface area contributed by atoms with Gasteiger partial charge >= 0.3 is 0 Å². The molecule has 2 aromatic carbocycles. The van der Waals surface area contributed by atoms with Crippen LogP contribution >= 0.6 is 0 Å². The lowest BCUT2D eigenvalue weighted by atomic mass is 10.1. The highest BCUT2D eigenvalue weighted by atomic mass is 16.5. The summed E-state index contributed by atoms with van der Waals surface area (Å²) in [5, 5.41) is 0. The fraction of sp³-hybridized carbons (Fsp3) is 0.400. The van der Waals surface area contributed by atoms with Gasteiger partial charge in [-0.1, -0.05) is 12.1 Å². The first kappa shape index (κ1) is 16.7. The quantitative estimate of drug-likeness (QED) is 0.879. The number of piperazine rings is 1. The minimum Gasteiger partial charge on any atom is -0.495 e. The van der Waals surface area contributed by atoms with Crippen molar-refractivity contribution in [3.05, 3.63) is 54.1 Å². The lowest BCUT2D eigenvalue weighted by molar-refractivity contribution is -0.914. The van der Waals surface area contributed by atoms with Crippen molar-refractivity contribution in [3.63, 3.8) is 0 Å². The van der Waals surface area contributed by atoms with Crippen molar-refractivity contribution in [2.24, 2.45) is 0 Å². The van der Waals surface area contributed by atoms with Crippen LogP contribution in [-0.4, -0.2) is 39.9 Å². The van der Waals surface area contributed by atoms with Gasteiger partial charge in [0.1, 0.15) is 18.0 Å². The highest BCUT2D eigenvalue weighted by Gasteiger charge is 2.22. The van der Waals surface area contributed by atoms with Gasteiger partial charge in [-0.25, -0.2) is 0 Å². The molecular formula is C20H27N2O2+. The van der Waals surface area contributed by atoms with Crippen molar-refractivity contribution < 1.29 is 14.4 Å². The maximum Gasteiger partial charge on any atom is 0.142 e. The van der Waals surface area contributed by atoms with Gasteiger partial charge in [-0.15, -0.1) is 0 Å². The number of anilines is 1. The van der Waals surface area contributed by atoms with E-state index < -0.39 is 0 Å². The molecule has 0 bridgehead atoms. The van der Waals surface area contributed by atoms with E-state index in [9.17, 15) is 0 Å². The third-order valence-corrected chi connectivity index (χ3v) is 4.58. The average Bonchev–Trinajstić information content (AvgIpc) is 2.64. The van der Waals surface area contributed by atoms with E-state index >= 15 is 0 Å². The molecule has 4 heteroatoms. The first-order chi connectivity index (χ1) is 11.8. The number of rotatable bonds is 6. The summed E-state index contributed by atoms with van der Waals surface area (Å²) < 4.78 is 11.0. The topological polar surface area (TPSA) is 26.1 Å². The molecule has 0 radical (unpaired) electrons. The SMILES string of the molecule is CCOc1ccc(C[NH+]2CCN(c3ccccc3OC)CC2)cc1. The summed E-state index contributed by atoms with van der Waals surface area (Å²) in [7, 11) is 1.74. The van der Waals surface area contributed by atoms with Gasteiger partial charge in [-0.05, 0) is 43.3 Å². The average molecular weight is 327 g/mol. The van der Waals surface area contributed by atoms with Gasteiger partial charge in [0.15, 0.2) is 0 Å². The Hall–Kier alpha value is -2.20. The van der Waals surface area contributed by atoms with Crippen LogP contribution in [0.25, 0.3) is 0 Å². The second-order valence-electron chi connectivity index (χ2n) is 6.16. The molecule has 1 saturated heterocycles. The van der Waals surface area contributed by atoms with E-state index in [4.69, 9.17) is 9.47 Å². The maximum absolute atomic E-state index is 5.51. The zero-order valence-electron chi connectivity index (χ0n) is 14.6. The lowest BCUT2D eigenvalue weighted by Gasteiger charge is -2.34. The van der Waals surface area contributed by atoms with Gasteiger partial charge in [0.05, 0.1) is 45.6 Å². The van der Waals surface area contributed by atoms with Crippen molar-refractivity contribution in [1.29, 1.82) is 0 Å². The summed E-state index contributed by atoms with van der Waals surface area (Å²) in [6, 6.07) is 16.8. The Labute approximate surface area is 144 Å². The summed E-state index contributed by atoms with van der Waals surface area (Å²) in [5.74, 6) is 1.92. The molecule has 2 aromatic rings. The predicted molar refractivity (Wildman–Crippen MR) is 97.2 cm³/mol. The van der Waals surface area contributed by atoms with Crippen LogP contribution < -0.4 is 19.3 Å². The number of methoxy groups -OCH3 is 1. The molecule has 0 amide bonds. The van der Waals surface area contributed by atoms with Crippen molar-refractivity contribution in [1.82, 2.24) is 0 Å². The van der Waals surface area contributed by atoms with Crippen LogP contribution in [0.15, 0.2) is 48.5 Å². The summed E-state index contributed by atoms with van der Waals surface area (Å²) in [6.07, 6.45) is 0. The first-order valence-corrected chi connectivity index (χ1v) is 8.73. The fourth-order valence-electron chi connectivity index (χ4n) is 3.29. The number of nitrogens with one attached hydrogen (secondary N) is 1. The fourth-order valence-corrected chi connectivity index (χ4v) is 3.29. The van der Waals surface area contributed by atoms with E-state index in [0.29, 0.717) is 0 Å². The van der Waals surface area contributed by atoms with E-state index in [1.807, 2.05) is 19.1 Å². The molecule has 128 valence electrons. The van der Waals surface area contributed by atoms with E-state index in [0.717, 1.165) is 50.8 Å². The molecule has 1 fully saturated rings. The molecule has 4 nitrogen and oxygen atoms in total. The lowest BCUT2D eigenvalue weighted by Crippen LogP contribution is -3.13. The van der Waals surface area contributed by atoms with Gasteiger partial charge in [0, 0.05) is 5.56 Å². The van der Waals surface area contributed by atoms with Crippen molar-refractivity contribution in [2.75, 3.05) is 44.8 Å². The predicted octanol–water partition coefficient (Wildman–Crippen LogP) is 2.00. The second kappa shape index (κ2) is 8.06. The molecule has 1 heterocycles. The van der Waals surface area contributed by atoms with Gasteiger partial charge in [0.25, 0.3) is 0 Å². The van der Waals surface area contributed by atoms with Gasteiger partial charge in [-0.2, -0.15) is 0 Å². The van der Waals surface area contributed by atoms with Crippen LogP contribution in [0.1, 0.15) is 12.5 Å². The molecule has 0 atom stereocenters. The molecule has 0 spiro atoms. The first-order valence-electron chi connectivity index (χ1n) is 8.73. The van der Waals surface area contributed by atoms with Crippen LogP contribution in [0.4, 0.5) is 5.69 Å². The Kier molecular flexibility index (Phi) is 5.59. The number of ether oxygens (including phenoxy) is 2. The van der Waals surface area contributed by atoms with Crippen molar-refractivity contribution in [2.45, 2.75) is 13.5 Å². The van der Waals surface area contributed by atoms with Crippen molar-refractivity contribution in [3.8, 4) is 11.5 Å². The molecular weight excluding hydrogens is 300 g/mol. The number of para-hydroxylation sites is 2. The Morgan fingerprint density at radius 1 is 1.00 bits per heavy atom. The zero-order valence-corrected chi connectivity index (χ0v) is 14.6. The highest BCUT2D eigenvalue weighted by molar-refractivity contribution is 5.58.